The number of likely N-dealkylation sites (tertiary alicyclic amines) is 1. The average molecular weight is 233 g/mol. The predicted molar refractivity (Wildman–Crippen MR) is 67.0 cm³/mol. The predicted octanol–water partition coefficient (Wildman–Crippen LogP) is 0.226. The molecule has 0 aliphatic carbocycles. The summed E-state index contributed by atoms with van der Waals surface area (Å²) in [6.07, 6.45) is 1.23. The Morgan fingerprint density at radius 3 is 3.00 bits per heavy atom. The van der Waals surface area contributed by atoms with Gasteiger partial charge in [0.25, 0.3) is 5.56 Å². The molecule has 2 unspecified atom stereocenters. The van der Waals surface area contributed by atoms with Crippen molar-refractivity contribution in [3.63, 3.8) is 0 Å². The molecule has 92 valence electrons. The molecule has 1 fully saturated rings. The van der Waals surface area contributed by atoms with Crippen molar-refractivity contribution in [1.29, 1.82) is 0 Å². The first-order valence-electron chi connectivity index (χ1n) is 6.40. The minimum Gasteiger partial charge on any atom is -0.329 e. The van der Waals surface area contributed by atoms with Crippen molar-refractivity contribution >= 4 is 0 Å². The topological polar surface area (TPSA) is 51.3 Å². The summed E-state index contributed by atoms with van der Waals surface area (Å²) < 4.78 is 1.97. The smallest absolute Gasteiger partial charge is 0.250 e. The van der Waals surface area contributed by atoms with Crippen LogP contribution in [0.15, 0.2) is 23.0 Å². The van der Waals surface area contributed by atoms with E-state index in [1.165, 1.54) is 12.1 Å². The van der Waals surface area contributed by atoms with E-state index in [1.807, 2.05) is 10.6 Å². The van der Waals surface area contributed by atoms with Crippen molar-refractivity contribution in [3.8, 4) is 0 Å². The van der Waals surface area contributed by atoms with Crippen LogP contribution in [0.1, 0.15) is 18.0 Å². The van der Waals surface area contributed by atoms with Crippen LogP contribution in [-0.4, -0.2) is 35.6 Å². The monoisotopic (exact) mass is 233 g/mol. The minimum absolute atomic E-state index is 0.157. The lowest BCUT2D eigenvalue weighted by Gasteiger charge is -2.42. The highest BCUT2D eigenvalue weighted by Gasteiger charge is 2.33. The Hall–Kier alpha value is -1.13. The van der Waals surface area contributed by atoms with E-state index in [9.17, 15) is 4.79 Å². The Labute approximate surface area is 101 Å². The van der Waals surface area contributed by atoms with Crippen molar-refractivity contribution in [2.24, 2.45) is 11.7 Å². The molecule has 4 heteroatoms. The van der Waals surface area contributed by atoms with E-state index in [0.29, 0.717) is 11.8 Å². The molecule has 17 heavy (non-hydrogen) atoms. The Kier molecular flexibility index (Phi) is 2.76. The Morgan fingerprint density at radius 1 is 1.29 bits per heavy atom. The van der Waals surface area contributed by atoms with Gasteiger partial charge in [-0.1, -0.05) is 6.07 Å². The van der Waals surface area contributed by atoms with Gasteiger partial charge >= 0.3 is 0 Å². The number of hydrogen-bond donors (Lipinski definition) is 1. The van der Waals surface area contributed by atoms with Gasteiger partial charge in [0.05, 0.1) is 0 Å². The lowest BCUT2D eigenvalue weighted by Crippen LogP contribution is -2.48. The minimum atomic E-state index is 0.157. The molecule has 0 aromatic carbocycles. The fourth-order valence-corrected chi connectivity index (χ4v) is 3.36. The van der Waals surface area contributed by atoms with Crippen molar-refractivity contribution in [1.82, 2.24) is 9.47 Å². The summed E-state index contributed by atoms with van der Waals surface area (Å²) >= 11 is 0. The maximum absolute atomic E-state index is 11.8. The second-order valence-electron chi connectivity index (χ2n) is 5.25. The molecule has 0 amide bonds. The molecular formula is C13H19N3O. The maximum Gasteiger partial charge on any atom is 0.250 e. The molecule has 0 spiro atoms. The third-order valence-electron chi connectivity index (χ3n) is 4.00. The Morgan fingerprint density at radius 2 is 2.18 bits per heavy atom. The maximum atomic E-state index is 11.8. The van der Waals surface area contributed by atoms with Gasteiger partial charge in [-0.3, -0.25) is 4.79 Å². The normalized spacial score (nSPS) is 27.8. The summed E-state index contributed by atoms with van der Waals surface area (Å²) in [4.78, 5) is 14.3. The number of nitrogens with zero attached hydrogens (tertiary/aromatic N) is 2. The molecule has 3 rings (SSSR count). The molecule has 4 nitrogen and oxygen atoms in total. The summed E-state index contributed by atoms with van der Waals surface area (Å²) in [6.45, 7) is 4.73. The highest BCUT2D eigenvalue weighted by molar-refractivity contribution is 5.16. The lowest BCUT2D eigenvalue weighted by atomic mass is 9.83. The lowest BCUT2D eigenvalue weighted by molar-refractivity contribution is 0.123. The van der Waals surface area contributed by atoms with Gasteiger partial charge in [0.2, 0.25) is 0 Å². The molecule has 0 radical (unpaired) electrons. The second-order valence-corrected chi connectivity index (χ2v) is 5.25. The van der Waals surface area contributed by atoms with Crippen LogP contribution in [0.25, 0.3) is 0 Å². The first kappa shape index (κ1) is 11.0. The molecule has 2 atom stereocenters. The van der Waals surface area contributed by atoms with E-state index in [4.69, 9.17) is 5.73 Å². The van der Waals surface area contributed by atoms with Crippen LogP contribution in [-0.2, 0) is 6.54 Å². The number of piperidine rings is 1. The highest BCUT2D eigenvalue weighted by atomic mass is 16.1. The van der Waals surface area contributed by atoms with Crippen molar-refractivity contribution in [2.75, 3.05) is 26.2 Å². The average Bonchev–Trinajstić information content (AvgIpc) is 2.31. The largest absolute Gasteiger partial charge is 0.329 e. The first-order valence-corrected chi connectivity index (χ1v) is 6.40. The third-order valence-corrected chi connectivity index (χ3v) is 4.00. The fourth-order valence-electron chi connectivity index (χ4n) is 3.36. The number of fused-ring (bicyclic) bond motifs is 4. The zero-order valence-electron chi connectivity index (χ0n) is 10.0. The van der Waals surface area contributed by atoms with Crippen LogP contribution < -0.4 is 11.3 Å². The Balaban J connectivity index is 1.93. The van der Waals surface area contributed by atoms with Gasteiger partial charge in [0.15, 0.2) is 0 Å². The number of pyridine rings is 1. The molecule has 0 saturated carbocycles. The van der Waals surface area contributed by atoms with Gasteiger partial charge in [-0.05, 0) is 18.4 Å². The molecule has 2 aliphatic rings. The van der Waals surface area contributed by atoms with Crippen LogP contribution in [0.3, 0.4) is 0 Å². The molecule has 2 aliphatic heterocycles. The van der Waals surface area contributed by atoms with Gasteiger partial charge in [-0.2, -0.15) is 0 Å². The van der Waals surface area contributed by atoms with Crippen LogP contribution in [0.2, 0.25) is 0 Å². The number of rotatable bonds is 2. The van der Waals surface area contributed by atoms with Crippen molar-refractivity contribution < 1.29 is 0 Å². The van der Waals surface area contributed by atoms with E-state index < -0.39 is 0 Å². The molecule has 3 heterocycles. The SMILES string of the molecule is NCCN1CC2CC(C1)c1cccc(=O)n1C2. The summed E-state index contributed by atoms with van der Waals surface area (Å²) in [6, 6.07) is 5.66. The van der Waals surface area contributed by atoms with E-state index in [-0.39, 0.29) is 5.56 Å². The first-order chi connectivity index (χ1) is 8.28. The quantitative estimate of drug-likeness (QED) is 0.795. The van der Waals surface area contributed by atoms with E-state index in [0.717, 1.165) is 32.7 Å². The fraction of sp³-hybridized carbons (Fsp3) is 0.615. The summed E-state index contributed by atoms with van der Waals surface area (Å²) in [5.74, 6) is 1.14. The molecule has 2 bridgehead atoms. The third kappa shape index (κ3) is 1.91. The van der Waals surface area contributed by atoms with Crippen LogP contribution in [0.4, 0.5) is 0 Å². The summed E-state index contributed by atoms with van der Waals surface area (Å²) in [5.41, 5.74) is 7.01. The van der Waals surface area contributed by atoms with Gasteiger partial charge in [-0.25, -0.2) is 0 Å². The van der Waals surface area contributed by atoms with E-state index in [2.05, 4.69) is 11.0 Å². The Bertz CT molecular complexity index is 468. The number of aromatic nitrogens is 1. The van der Waals surface area contributed by atoms with Gasteiger partial charge in [-0.15, -0.1) is 0 Å². The molecule has 1 aromatic rings. The zero-order chi connectivity index (χ0) is 11.8. The van der Waals surface area contributed by atoms with Crippen molar-refractivity contribution in [3.05, 3.63) is 34.2 Å². The van der Waals surface area contributed by atoms with Gasteiger partial charge in [0.1, 0.15) is 0 Å². The molecule has 2 N–H and O–H groups in total. The molecule has 1 aromatic heterocycles. The number of hydrogen-bond acceptors (Lipinski definition) is 3. The van der Waals surface area contributed by atoms with E-state index >= 15 is 0 Å². The molecular weight excluding hydrogens is 214 g/mol. The summed E-state index contributed by atoms with van der Waals surface area (Å²) in [5, 5.41) is 0. The second kappa shape index (κ2) is 4.27. The van der Waals surface area contributed by atoms with Gasteiger partial charge < -0.3 is 15.2 Å². The van der Waals surface area contributed by atoms with Crippen molar-refractivity contribution in [2.45, 2.75) is 18.9 Å². The van der Waals surface area contributed by atoms with E-state index in [1.54, 1.807) is 6.07 Å². The molecule has 1 saturated heterocycles. The zero-order valence-corrected chi connectivity index (χ0v) is 10.0. The van der Waals surface area contributed by atoms with Crippen LogP contribution >= 0.6 is 0 Å². The van der Waals surface area contributed by atoms with Crippen LogP contribution in [0.5, 0.6) is 0 Å². The number of nitrogens with two attached hydrogens (primary N) is 1. The van der Waals surface area contributed by atoms with Crippen LogP contribution in [0, 0.1) is 5.92 Å². The van der Waals surface area contributed by atoms with Gasteiger partial charge in [0, 0.05) is 50.4 Å². The highest BCUT2D eigenvalue weighted by Crippen LogP contribution is 2.34. The summed E-state index contributed by atoms with van der Waals surface area (Å²) in [7, 11) is 0. The standard InChI is InChI=1S/C13H19N3O/c14-4-5-15-7-10-6-11(9-15)12-2-1-3-13(17)16(12)8-10/h1-3,10-11H,4-9,14H2.